The number of methoxy groups -OCH3 is 1. The van der Waals surface area contributed by atoms with Crippen LogP contribution in [0.3, 0.4) is 0 Å². The van der Waals surface area contributed by atoms with Gasteiger partial charge in [0.25, 0.3) is 0 Å². The Hall–Kier alpha value is -1.54. The lowest BCUT2D eigenvalue weighted by Gasteiger charge is -2.05. The summed E-state index contributed by atoms with van der Waals surface area (Å²) in [5, 5.41) is 10.3. The molecule has 2 heterocycles. The molecule has 17 heavy (non-hydrogen) atoms. The molecule has 0 radical (unpaired) electrons. The molecule has 0 atom stereocenters. The highest BCUT2D eigenvalue weighted by Crippen LogP contribution is 2.18. The van der Waals surface area contributed by atoms with Crippen LogP contribution in [0.1, 0.15) is 16.3 Å². The number of halogens is 1. The minimum Gasteiger partial charge on any atom is -0.383 e. The van der Waals surface area contributed by atoms with Crippen LogP contribution in [0.5, 0.6) is 0 Å². The van der Waals surface area contributed by atoms with E-state index in [0.29, 0.717) is 23.3 Å². The van der Waals surface area contributed by atoms with Crippen LogP contribution in [-0.2, 0) is 11.3 Å². The molecule has 0 amide bonds. The van der Waals surface area contributed by atoms with Crippen LogP contribution in [0.4, 0.5) is 0 Å². The first-order chi connectivity index (χ1) is 8.24. The largest absolute Gasteiger partial charge is 0.383 e. The van der Waals surface area contributed by atoms with E-state index in [9.17, 15) is 4.79 Å². The molecular formula is C9H10BrN5O2. The van der Waals surface area contributed by atoms with Gasteiger partial charge >= 0.3 is 0 Å². The Balaban J connectivity index is 2.31. The first kappa shape index (κ1) is 11.9. The zero-order valence-corrected chi connectivity index (χ0v) is 10.6. The summed E-state index contributed by atoms with van der Waals surface area (Å²) in [6, 6.07) is 0. The molecule has 0 unspecified atom stereocenters. The molecule has 0 saturated heterocycles. The van der Waals surface area contributed by atoms with Crippen LogP contribution in [0.2, 0.25) is 0 Å². The number of rotatable bonds is 5. The van der Waals surface area contributed by atoms with Crippen molar-refractivity contribution in [1.82, 2.24) is 25.0 Å². The van der Waals surface area contributed by atoms with Gasteiger partial charge in [0.2, 0.25) is 5.78 Å². The van der Waals surface area contributed by atoms with E-state index in [0.717, 1.165) is 0 Å². The Morgan fingerprint density at radius 2 is 2.47 bits per heavy atom. The molecule has 1 N–H and O–H groups in total. The van der Waals surface area contributed by atoms with Crippen LogP contribution in [0.15, 0.2) is 17.0 Å². The van der Waals surface area contributed by atoms with Gasteiger partial charge in [-0.25, -0.2) is 4.98 Å². The van der Waals surface area contributed by atoms with Gasteiger partial charge < -0.3 is 4.74 Å². The average Bonchev–Trinajstić information content (AvgIpc) is 2.95. The summed E-state index contributed by atoms with van der Waals surface area (Å²) in [5.74, 6) is -0.0761. The van der Waals surface area contributed by atoms with E-state index in [-0.39, 0.29) is 11.6 Å². The van der Waals surface area contributed by atoms with E-state index in [4.69, 9.17) is 4.74 Å². The van der Waals surface area contributed by atoms with Crippen molar-refractivity contribution in [3.63, 3.8) is 0 Å². The highest BCUT2D eigenvalue weighted by molar-refractivity contribution is 9.10. The van der Waals surface area contributed by atoms with Crippen molar-refractivity contribution >= 4 is 21.7 Å². The quantitative estimate of drug-likeness (QED) is 0.819. The van der Waals surface area contributed by atoms with Crippen molar-refractivity contribution in [2.45, 2.75) is 6.54 Å². The lowest BCUT2D eigenvalue weighted by atomic mass is 10.2. The third kappa shape index (κ3) is 2.42. The van der Waals surface area contributed by atoms with E-state index in [2.05, 4.69) is 36.2 Å². The number of ether oxygens (including phenoxy) is 1. The fourth-order valence-electron chi connectivity index (χ4n) is 1.36. The molecule has 8 heteroatoms. The summed E-state index contributed by atoms with van der Waals surface area (Å²) in [6.07, 6.45) is 2.86. The number of carbonyl (C=O) groups excluding carboxylic acids is 1. The third-order valence-electron chi connectivity index (χ3n) is 2.15. The number of hydrogen-bond acceptors (Lipinski definition) is 5. The normalized spacial score (nSPS) is 10.7. The summed E-state index contributed by atoms with van der Waals surface area (Å²) < 4.78 is 7.15. The van der Waals surface area contributed by atoms with Crippen LogP contribution in [0, 0.1) is 0 Å². The maximum absolute atomic E-state index is 12.1. The van der Waals surface area contributed by atoms with Crippen LogP contribution < -0.4 is 0 Å². The molecule has 2 aromatic rings. The smallest absolute Gasteiger partial charge is 0.248 e. The van der Waals surface area contributed by atoms with E-state index in [1.54, 1.807) is 18.0 Å². The summed E-state index contributed by atoms with van der Waals surface area (Å²) in [4.78, 5) is 15.9. The standard InChI is InChI=1S/C9H10BrN5O2/c1-17-3-2-15-7(6(10)4-13-15)8(16)9-11-5-12-14-9/h4-5H,2-3H2,1H3,(H,11,12,14). The van der Waals surface area contributed by atoms with E-state index in [1.165, 1.54) is 6.33 Å². The molecule has 2 aromatic heterocycles. The summed E-state index contributed by atoms with van der Waals surface area (Å²) in [7, 11) is 1.59. The first-order valence-electron chi connectivity index (χ1n) is 4.84. The maximum Gasteiger partial charge on any atom is 0.248 e. The number of hydrogen-bond donors (Lipinski definition) is 1. The molecular weight excluding hydrogens is 290 g/mol. The number of aromatic amines is 1. The van der Waals surface area contributed by atoms with Crippen LogP contribution in [-0.4, -0.2) is 44.5 Å². The minimum absolute atomic E-state index is 0.185. The molecule has 0 spiro atoms. The topological polar surface area (TPSA) is 85.7 Å². The van der Waals surface area contributed by atoms with E-state index in [1.807, 2.05) is 0 Å². The lowest BCUT2D eigenvalue weighted by molar-refractivity contribution is 0.101. The summed E-state index contributed by atoms with van der Waals surface area (Å²) in [6.45, 7) is 0.974. The number of carbonyl (C=O) groups is 1. The fourth-order valence-corrected chi connectivity index (χ4v) is 1.84. The minimum atomic E-state index is -0.261. The van der Waals surface area contributed by atoms with Gasteiger partial charge in [0.15, 0.2) is 5.82 Å². The first-order valence-corrected chi connectivity index (χ1v) is 5.63. The second-order valence-corrected chi connectivity index (χ2v) is 4.07. The molecule has 0 fully saturated rings. The predicted octanol–water partition coefficient (Wildman–Crippen LogP) is 0.641. The molecule has 0 bridgehead atoms. The number of nitrogens with one attached hydrogen (secondary N) is 1. The highest BCUT2D eigenvalue weighted by Gasteiger charge is 2.20. The fraction of sp³-hybridized carbons (Fsp3) is 0.333. The molecule has 0 aromatic carbocycles. The maximum atomic E-state index is 12.1. The summed E-state index contributed by atoms with van der Waals surface area (Å²) in [5.41, 5.74) is 0.429. The molecule has 0 aliphatic carbocycles. The van der Waals surface area contributed by atoms with Crippen LogP contribution in [0.25, 0.3) is 0 Å². The number of nitrogens with zero attached hydrogens (tertiary/aromatic N) is 4. The third-order valence-corrected chi connectivity index (χ3v) is 2.73. The van der Waals surface area contributed by atoms with Crippen molar-refractivity contribution in [2.75, 3.05) is 13.7 Å². The average molecular weight is 300 g/mol. The van der Waals surface area contributed by atoms with Crippen LogP contribution >= 0.6 is 15.9 Å². The lowest BCUT2D eigenvalue weighted by Crippen LogP contribution is -2.15. The monoisotopic (exact) mass is 299 g/mol. The number of ketones is 1. The second-order valence-electron chi connectivity index (χ2n) is 3.22. The van der Waals surface area contributed by atoms with Gasteiger partial charge in [-0.1, -0.05) is 0 Å². The molecule has 7 nitrogen and oxygen atoms in total. The number of aromatic nitrogens is 5. The van der Waals surface area contributed by atoms with Crippen molar-refractivity contribution in [2.24, 2.45) is 0 Å². The van der Waals surface area contributed by atoms with Crippen molar-refractivity contribution in [3.05, 3.63) is 28.5 Å². The Morgan fingerprint density at radius 3 is 3.12 bits per heavy atom. The van der Waals surface area contributed by atoms with Gasteiger partial charge in [-0.05, 0) is 15.9 Å². The molecule has 0 aliphatic heterocycles. The molecule has 0 saturated carbocycles. The van der Waals surface area contributed by atoms with E-state index >= 15 is 0 Å². The Bertz CT molecular complexity index is 507. The molecule has 90 valence electrons. The molecule has 2 rings (SSSR count). The van der Waals surface area contributed by atoms with Crippen molar-refractivity contribution < 1.29 is 9.53 Å². The van der Waals surface area contributed by atoms with Crippen molar-refractivity contribution in [1.29, 1.82) is 0 Å². The SMILES string of the molecule is COCCn1ncc(Br)c1C(=O)c1ncn[nH]1. The zero-order valence-electron chi connectivity index (χ0n) is 9.05. The molecule has 0 aliphatic rings. The van der Waals surface area contributed by atoms with E-state index < -0.39 is 0 Å². The van der Waals surface area contributed by atoms with Gasteiger partial charge in [-0.2, -0.15) is 10.2 Å². The second kappa shape index (κ2) is 5.19. The van der Waals surface area contributed by atoms with Gasteiger partial charge in [0.1, 0.15) is 12.0 Å². The van der Waals surface area contributed by atoms with Gasteiger partial charge in [-0.15, -0.1) is 0 Å². The van der Waals surface area contributed by atoms with Gasteiger partial charge in [0.05, 0.1) is 23.8 Å². The Labute approximate surface area is 105 Å². The van der Waals surface area contributed by atoms with Gasteiger partial charge in [0, 0.05) is 7.11 Å². The van der Waals surface area contributed by atoms with Gasteiger partial charge in [-0.3, -0.25) is 14.6 Å². The highest BCUT2D eigenvalue weighted by atomic mass is 79.9. The van der Waals surface area contributed by atoms with Crippen molar-refractivity contribution in [3.8, 4) is 0 Å². The Kier molecular flexibility index (Phi) is 3.64. The Morgan fingerprint density at radius 1 is 1.65 bits per heavy atom. The zero-order chi connectivity index (χ0) is 12.3. The predicted molar refractivity (Wildman–Crippen MR) is 61.6 cm³/mol. The number of H-pyrrole nitrogens is 1. The summed E-state index contributed by atoms with van der Waals surface area (Å²) >= 11 is 3.29.